The lowest BCUT2D eigenvalue weighted by Gasteiger charge is -2.23. The van der Waals surface area contributed by atoms with E-state index in [0.717, 1.165) is 0 Å². The van der Waals surface area contributed by atoms with Crippen LogP contribution in [0.2, 0.25) is 5.02 Å². The van der Waals surface area contributed by atoms with E-state index in [0.29, 0.717) is 16.3 Å². The van der Waals surface area contributed by atoms with Gasteiger partial charge in [-0.3, -0.25) is 0 Å². The highest BCUT2D eigenvalue weighted by Gasteiger charge is 2.31. The number of hydrogen-bond acceptors (Lipinski definition) is 4. The van der Waals surface area contributed by atoms with Crippen LogP contribution >= 0.6 is 11.6 Å². The molecule has 0 fully saturated rings. The second kappa shape index (κ2) is 7.82. The van der Waals surface area contributed by atoms with E-state index < -0.39 is 18.2 Å². The van der Waals surface area contributed by atoms with Crippen molar-refractivity contribution in [2.45, 2.75) is 19.1 Å². The first kappa shape index (κ1) is 16.3. The lowest BCUT2D eigenvalue weighted by molar-refractivity contribution is -0.157. The predicted molar refractivity (Wildman–Crippen MR) is 83.9 cm³/mol. The molecule has 0 aromatic heterocycles. The number of halogens is 1. The van der Waals surface area contributed by atoms with Crippen molar-refractivity contribution in [2.75, 3.05) is 6.61 Å². The third kappa shape index (κ3) is 4.23. The molecule has 0 radical (unpaired) electrons. The van der Waals surface area contributed by atoms with Crippen LogP contribution in [0.1, 0.15) is 18.6 Å². The monoisotopic (exact) mass is 320 g/mol. The first-order valence-corrected chi connectivity index (χ1v) is 7.31. The van der Waals surface area contributed by atoms with Crippen LogP contribution in [0.15, 0.2) is 54.6 Å². The number of carbonyl (C=O) groups excluding carboxylic acids is 1. The van der Waals surface area contributed by atoms with Crippen molar-refractivity contribution in [1.29, 1.82) is 0 Å². The average Bonchev–Trinajstić information content (AvgIpc) is 2.54. The van der Waals surface area contributed by atoms with Crippen molar-refractivity contribution in [3.05, 3.63) is 65.2 Å². The van der Waals surface area contributed by atoms with Crippen molar-refractivity contribution < 1.29 is 19.4 Å². The lowest BCUT2D eigenvalue weighted by Crippen LogP contribution is -2.35. The molecule has 2 atom stereocenters. The minimum Gasteiger partial charge on any atom is -0.476 e. The van der Waals surface area contributed by atoms with Crippen molar-refractivity contribution in [2.24, 2.45) is 0 Å². The number of ether oxygens (including phenoxy) is 2. The summed E-state index contributed by atoms with van der Waals surface area (Å²) in [6.45, 7) is 1.91. The molecule has 2 aromatic carbocycles. The molecule has 0 saturated heterocycles. The van der Waals surface area contributed by atoms with Gasteiger partial charge in [0.25, 0.3) is 0 Å². The van der Waals surface area contributed by atoms with E-state index in [1.807, 2.05) is 6.07 Å². The smallest absolute Gasteiger partial charge is 0.350 e. The van der Waals surface area contributed by atoms with Gasteiger partial charge in [-0.2, -0.15) is 0 Å². The number of hydrogen-bond donors (Lipinski definition) is 1. The Bertz CT molecular complexity index is 598. The summed E-state index contributed by atoms with van der Waals surface area (Å²) in [4.78, 5) is 12.1. The molecule has 0 heterocycles. The Morgan fingerprint density at radius 2 is 1.77 bits per heavy atom. The minimum absolute atomic E-state index is 0.209. The quantitative estimate of drug-likeness (QED) is 0.829. The highest BCUT2D eigenvalue weighted by Crippen LogP contribution is 2.24. The summed E-state index contributed by atoms with van der Waals surface area (Å²) in [5.41, 5.74) is 0.578. The first-order valence-electron chi connectivity index (χ1n) is 6.93. The summed E-state index contributed by atoms with van der Waals surface area (Å²) in [5, 5.41) is 11.0. The molecule has 0 aliphatic heterocycles. The molecular weight excluding hydrogens is 304 g/mol. The second-order valence-electron chi connectivity index (χ2n) is 4.60. The van der Waals surface area contributed by atoms with Gasteiger partial charge in [-0.15, -0.1) is 0 Å². The van der Waals surface area contributed by atoms with E-state index in [-0.39, 0.29) is 6.61 Å². The number of rotatable bonds is 6. The number of aliphatic hydroxyl groups is 1. The van der Waals surface area contributed by atoms with Gasteiger partial charge in [-0.1, -0.05) is 41.9 Å². The van der Waals surface area contributed by atoms with E-state index in [9.17, 15) is 9.90 Å². The lowest BCUT2D eigenvalue weighted by atomic mass is 10.0. The molecule has 2 rings (SSSR count). The zero-order valence-corrected chi connectivity index (χ0v) is 12.9. The van der Waals surface area contributed by atoms with E-state index in [4.69, 9.17) is 21.1 Å². The van der Waals surface area contributed by atoms with Crippen LogP contribution in [-0.4, -0.2) is 23.8 Å². The van der Waals surface area contributed by atoms with Crippen LogP contribution in [0.4, 0.5) is 0 Å². The first-order chi connectivity index (χ1) is 10.6. The molecule has 5 heteroatoms. The molecule has 1 N–H and O–H groups in total. The molecule has 4 nitrogen and oxygen atoms in total. The fourth-order valence-electron chi connectivity index (χ4n) is 1.95. The van der Waals surface area contributed by atoms with Gasteiger partial charge in [0.1, 0.15) is 11.9 Å². The number of aliphatic hydroxyl groups excluding tert-OH is 1. The molecule has 0 spiro atoms. The Kier molecular flexibility index (Phi) is 5.81. The summed E-state index contributed by atoms with van der Waals surface area (Å²) < 4.78 is 10.6. The van der Waals surface area contributed by atoms with Crippen LogP contribution in [-0.2, 0) is 9.53 Å². The van der Waals surface area contributed by atoms with E-state index in [1.54, 1.807) is 55.5 Å². The highest BCUT2D eigenvalue weighted by molar-refractivity contribution is 6.30. The SMILES string of the molecule is CCOC(=O)[C@H](Oc1ccc(Cl)cc1)[C@@H](O)c1ccccc1. The fraction of sp³-hybridized carbons (Fsp3) is 0.235. The molecule has 0 unspecified atom stereocenters. The molecule has 0 aliphatic carbocycles. The van der Waals surface area contributed by atoms with Gasteiger partial charge in [-0.25, -0.2) is 4.79 Å². The minimum atomic E-state index is -1.15. The number of benzene rings is 2. The number of carbonyl (C=O) groups is 1. The molecule has 22 heavy (non-hydrogen) atoms. The standard InChI is InChI=1S/C17H17ClO4/c1-2-21-17(20)16(15(19)12-6-4-3-5-7-12)22-14-10-8-13(18)9-11-14/h3-11,15-16,19H,2H2,1H3/t15-,16+/m0/s1. The maximum atomic E-state index is 12.1. The second-order valence-corrected chi connectivity index (χ2v) is 5.04. The topological polar surface area (TPSA) is 55.8 Å². The Morgan fingerprint density at radius 1 is 1.14 bits per heavy atom. The zero-order valence-electron chi connectivity index (χ0n) is 12.1. The van der Waals surface area contributed by atoms with Gasteiger partial charge >= 0.3 is 5.97 Å². The van der Waals surface area contributed by atoms with Crippen LogP contribution in [0.25, 0.3) is 0 Å². The van der Waals surface area contributed by atoms with Crippen LogP contribution in [0, 0.1) is 0 Å². The van der Waals surface area contributed by atoms with Gasteiger partial charge < -0.3 is 14.6 Å². The third-order valence-electron chi connectivity index (χ3n) is 3.02. The van der Waals surface area contributed by atoms with Crippen LogP contribution < -0.4 is 4.74 Å². The molecule has 2 aromatic rings. The van der Waals surface area contributed by atoms with Crippen molar-refractivity contribution in [3.63, 3.8) is 0 Å². The summed E-state index contributed by atoms with van der Waals surface area (Å²) in [6, 6.07) is 15.4. The van der Waals surface area contributed by atoms with Crippen molar-refractivity contribution in [1.82, 2.24) is 0 Å². The van der Waals surface area contributed by atoms with Crippen LogP contribution in [0.5, 0.6) is 5.75 Å². The Morgan fingerprint density at radius 3 is 2.36 bits per heavy atom. The zero-order chi connectivity index (χ0) is 15.9. The molecule has 0 bridgehead atoms. The van der Waals surface area contributed by atoms with E-state index >= 15 is 0 Å². The Hall–Kier alpha value is -2.04. The molecule has 0 aliphatic rings. The molecule has 116 valence electrons. The third-order valence-corrected chi connectivity index (χ3v) is 3.28. The average molecular weight is 321 g/mol. The summed E-state index contributed by atoms with van der Waals surface area (Å²) in [7, 11) is 0. The molecule has 0 saturated carbocycles. The maximum Gasteiger partial charge on any atom is 0.350 e. The van der Waals surface area contributed by atoms with Gasteiger partial charge in [0, 0.05) is 5.02 Å². The van der Waals surface area contributed by atoms with E-state index in [2.05, 4.69) is 0 Å². The van der Waals surface area contributed by atoms with Gasteiger partial charge in [0.15, 0.2) is 0 Å². The van der Waals surface area contributed by atoms with Crippen LogP contribution in [0.3, 0.4) is 0 Å². The Labute approximate surface area is 134 Å². The van der Waals surface area contributed by atoms with Gasteiger partial charge in [-0.05, 0) is 36.8 Å². The maximum absolute atomic E-state index is 12.1. The highest BCUT2D eigenvalue weighted by atomic mass is 35.5. The molecule has 0 amide bonds. The largest absolute Gasteiger partial charge is 0.476 e. The van der Waals surface area contributed by atoms with Crippen molar-refractivity contribution in [3.8, 4) is 5.75 Å². The van der Waals surface area contributed by atoms with Gasteiger partial charge in [0.2, 0.25) is 6.10 Å². The summed E-state index contributed by atoms with van der Waals surface area (Å²) in [5.74, 6) is -0.189. The number of esters is 1. The van der Waals surface area contributed by atoms with Gasteiger partial charge in [0.05, 0.1) is 6.61 Å². The Balaban J connectivity index is 2.22. The van der Waals surface area contributed by atoms with Crippen molar-refractivity contribution >= 4 is 17.6 Å². The summed E-state index contributed by atoms with van der Waals surface area (Å²) in [6.07, 6.45) is -2.28. The predicted octanol–water partition coefficient (Wildman–Crippen LogP) is 3.38. The fourth-order valence-corrected chi connectivity index (χ4v) is 2.08. The normalized spacial score (nSPS) is 13.2. The summed E-state index contributed by atoms with van der Waals surface area (Å²) >= 11 is 5.82. The molecular formula is C17H17ClO4. The van der Waals surface area contributed by atoms with E-state index in [1.165, 1.54) is 0 Å².